The topological polar surface area (TPSA) is 63.0 Å². The van der Waals surface area contributed by atoms with Gasteiger partial charge in [0.25, 0.3) is 0 Å². The summed E-state index contributed by atoms with van der Waals surface area (Å²) in [6, 6.07) is 8.89. The molecule has 0 radical (unpaired) electrons. The molecule has 6 heteroatoms. The van der Waals surface area contributed by atoms with Crippen molar-refractivity contribution in [2.24, 2.45) is 5.84 Å². The lowest BCUT2D eigenvalue weighted by Gasteiger charge is -2.14. The summed E-state index contributed by atoms with van der Waals surface area (Å²) >= 11 is 0. The molecule has 1 aromatic carbocycles. The Balaban J connectivity index is 1.80. The van der Waals surface area contributed by atoms with E-state index in [4.69, 9.17) is 5.84 Å². The molecule has 1 aliphatic rings. The molecule has 20 heavy (non-hydrogen) atoms. The number of benzene rings is 1. The third-order valence-corrected chi connectivity index (χ3v) is 3.46. The standard InChI is InChI=1S/C14H14F2N4/c15-11-7-12(16)14(20-17)19-13(11)18-10-5-8-3-1-2-4-9(8)6-10/h1-4,7,10H,5-6,17H2,(H2,18,19,20). The fourth-order valence-corrected chi connectivity index (χ4v) is 2.52. The fraction of sp³-hybridized carbons (Fsp3) is 0.214. The number of nitrogens with one attached hydrogen (secondary N) is 2. The highest BCUT2D eigenvalue weighted by molar-refractivity contribution is 5.48. The van der Waals surface area contributed by atoms with Gasteiger partial charge in [0.2, 0.25) is 0 Å². The van der Waals surface area contributed by atoms with E-state index in [0.717, 1.165) is 18.9 Å². The normalized spacial score (nSPS) is 14.2. The van der Waals surface area contributed by atoms with Gasteiger partial charge in [-0.15, -0.1) is 0 Å². The van der Waals surface area contributed by atoms with Crippen molar-refractivity contribution in [3.05, 3.63) is 53.1 Å². The van der Waals surface area contributed by atoms with Crippen LogP contribution >= 0.6 is 0 Å². The minimum absolute atomic E-state index is 0.0113. The summed E-state index contributed by atoms with van der Waals surface area (Å²) in [7, 11) is 0. The first-order valence-electron chi connectivity index (χ1n) is 6.33. The minimum Gasteiger partial charge on any atom is -0.364 e. The number of pyridine rings is 1. The van der Waals surface area contributed by atoms with Gasteiger partial charge in [0.05, 0.1) is 0 Å². The van der Waals surface area contributed by atoms with Crippen LogP contribution in [0.5, 0.6) is 0 Å². The molecule has 0 bridgehead atoms. The van der Waals surface area contributed by atoms with Gasteiger partial charge in [0.15, 0.2) is 23.3 Å². The Morgan fingerprint density at radius 3 is 2.25 bits per heavy atom. The molecule has 4 nitrogen and oxygen atoms in total. The SMILES string of the molecule is NNc1nc(NC2Cc3ccccc3C2)c(F)cc1F. The number of nitrogens with two attached hydrogens (primary N) is 1. The molecular formula is C14H14F2N4. The van der Waals surface area contributed by atoms with E-state index in [1.807, 2.05) is 12.1 Å². The number of hydrogen-bond donors (Lipinski definition) is 3. The van der Waals surface area contributed by atoms with Crippen LogP contribution in [0, 0.1) is 11.6 Å². The lowest BCUT2D eigenvalue weighted by atomic mass is 10.1. The highest BCUT2D eigenvalue weighted by Crippen LogP contribution is 2.26. The van der Waals surface area contributed by atoms with E-state index in [9.17, 15) is 8.78 Å². The number of aromatic nitrogens is 1. The highest BCUT2D eigenvalue weighted by Gasteiger charge is 2.22. The number of rotatable bonds is 3. The molecule has 4 N–H and O–H groups in total. The average Bonchev–Trinajstić information content (AvgIpc) is 2.84. The predicted molar refractivity (Wildman–Crippen MR) is 73.2 cm³/mol. The van der Waals surface area contributed by atoms with Gasteiger partial charge in [-0.1, -0.05) is 24.3 Å². The summed E-state index contributed by atoms with van der Waals surface area (Å²) in [6.45, 7) is 0. The van der Waals surface area contributed by atoms with Crippen LogP contribution < -0.4 is 16.6 Å². The maximum Gasteiger partial charge on any atom is 0.178 e. The van der Waals surface area contributed by atoms with Gasteiger partial charge in [0, 0.05) is 12.1 Å². The van der Waals surface area contributed by atoms with Crippen LogP contribution in [0.15, 0.2) is 30.3 Å². The second-order valence-electron chi connectivity index (χ2n) is 4.81. The molecule has 2 aromatic rings. The average molecular weight is 276 g/mol. The number of anilines is 2. The molecule has 1 aliphatic carbocycles. The third-order valence-electron chi connectivity index (χ3n) is 3.46. The summed E-state index contributed by atoms with van der Waals surface area (Å²) in [4.78, 5) is 3.82. The molecule has 1 heterocycles. The van der Waals surface area contributed by atoms with Crippen molar-refractivity contribution in [1.29, 1.82) is 0 Å². The molecule has 104 valence electrons. The van der Waals surface area contributed by atoms with Crippen LogP contribution in [0.3, 0.4) is 0 Å². The summed E-state index contributed by atoms with van der Waals surface area (Å²) < 4.78 is 27.0. The Morgan fingerprint density at radius 1 is 1.05 bits per heavy atom. The van der Waals surface area contributed by atoms with Gasteiger partial charge in [-0.05, 0) is 24.0 Å². The van der Waals surface area contributed by atoms with Gasteiger partial charge in [-0.2, -0.15) is 0 Å². The summed E-state index contributed by atoms with van der Waals surface area (Å²) in [5, 5.41) is 3.01. The maximum absolute atomic E-state index is 13.7. The molecule has 0 amide bonds. The Kier molecular flexibility index (Phi) is 3.23. The monoisotopic (exact) mass is 276 g/mol. The Morgan fingerprint density at radius 2 is 1.65 bits per heavy atom. The van der Waals surface area contributed by atoms with Crippen molar-refractivity contribution in [2.45, 2.75) is 18.9 Å². The van der Waals surface area contributed by atoms with Crippen LogP contribution in [0.25, 0.3) is 0 Å². The summed E-state index contributed by atoms with van der Waals surface area (Å²) in [5.74, 6) is 3.44. The lowest BCUT2D eigenvalue weighted by molar-refractivity contribution is 0.575. The quantitative estimate of drug-likeness (QED) is 0.594. The first kappa shape index (κ1) is 12.8. The maximum atomic E-state index is 13.7. The van der Waals surface area contributed by atoms with Crippen molar-refractivity contribution in [1.82, 2.24) is 4.98 Å². The smallest absolute Gasteiger partial charge is 0.178 e. The zero-order valence-electron chi connectivity index (χ0n) is 10.7. The number of nitrogens with zero attached hydrogens (tertiary/aromatic N) is 1. The molecule has 0 spiro atoms. The van der Waals surface area contributed by atoms with E-state index < -0.39 is 11.6 Å². The van der Waals surface area contributed by atoms with Crippen molar-refractivity contribution < 1.29 is 8.78 Å². The number of halogens is 2. The molecule has 1 aromatic heterocycles. The second-order valence-corrected chi connectivity index (χ2v) is 4.81. The first-order chi connectivity index (χ1) is 9.67. The summed E-state index contributed by atoms with van der Waals surface area (Å²) in [5.41, 5.74) is 4.59. The molecule has 0 atom stereocenters. The predicted octanol–water partition coefficient (Wildman–Crippen LogP) is 2.22. The summed E-state index contributed by atoms with van der Waals surface area (Å²) in [6.07, 6.45) is 1.58. The third kappa shape index (κ3) is 2.30. The molecule has 0 fully saturated rings. The molecule has 0 aliphatic heterocycles. The van der Waals surface area contributed by atoms with E-state index >= 15 is 0 Å². The van der Waals surface area contributed by atoms with Gasteiger partial charge in [-0.3, -0.25) is 0 Å². The largest absolute Gasteiger partial charge is 0.364 e. The van der Waals surface area contributed by atoms with Crippen LogP contribution in [-0.4, -0.2) is 11.0 Å². The van der Waals surface area contributed by atoms with Gasteiger partial charge in [0.1, 0.15) is 0 Å². The zero-order valence-corrected chi connectivity index (χ0v) is 10.7. The highest BCUT2D eigenvalue weighted by atomic mass is 19.1. The Labute approximate surface area is 115 Å². The number of nitrogen functional groups attached to an aromatic ring is 1. The van der Waals surface area contributed by atoms with Gasteiger partial charge >= 0.3 is 0 Å². The second kappa shape index (κ2) is 5.05. The van der Waals surface area contributed by atoms with Crippen LogP contribution in [0.2, 0.25) is 0 Å². The Bertz CT molecular complexity index is 620. The Hall–Kier alpha value is -2.21. The van der Waals surface area contributed by atoms with Crippen LogP contribution in [0.4, 0.5) is 20.4 Å². The van der Waals surface area contributed by atoms with Crippen LogP contribution in [-0.2, 0) is 12.8 Å². The van der Waals surface area contributed by atoms with Crippen molar-refractivity contribution in [3.63, 3.8) is 0 Å². The van der Waals surface area contributed by atoms with Crippen LogP contribution in [0.1, 0.15) is 11.1 Å². The fourth-order valence-electron chi connectivity index (χ4n) is 2.52. The van der Waals surface area contributed by atoms with E-state index in [-0.39, 0.29) is 17.7 Å². The molecular weight excluding hydrogens is 262 g/mol. The van der Waals surface area contributed by atoms with E-state index in [2.05, 4.69) is 27.9 Å². The van der Waals surface area contributed by atoms with E-state index in [1.165, 1.54) is 11.1 Å². The lowest BCUT2D eigenvalue weighted by Crippen LogP contribution is -2.22. The van der Waals surface area contributed by atoms with E-state index in [1.54, 1.807) is 0 Å². The number of fused-ring (bicyclic) bond motifs is 1. The number of hydrazine groups is 1. The molecule has 3 rings (SSSR count). The molecule has 0 unspecified atom stereocenters. The first-order valence-corrected chi connectivity index (χ1v) is 6.33. The minimum atomic E-state index is -0.815. The van der Waals surface area contributed by atoms with E-state index in [0.29, 0.717) is 0 Å². The van der Waals surface area contributed by atoms with Crippen molar-refractivity contribution >= 4 is 11.6 Å². The molecule has 0 saturated heterocycles. The van der Waals surface area contributed by atoms with Gasteiger partial charge < -0.3 is 10.7 Å². The molecule has 0 saturated carbocycles. The zero-order chi connectivity index (χ0) is 14.1. The van der Waals surface area contributed by atoms with Gasteiger partial charge in [-0.25, -0.2) is 19.6 Å². The number of hydrogen-bond acceptors (Lipinski definition) is 4. The van der Waals surface area contributed by atoms with Crippen molar-refractivity contribution in [2.75, 3.05) is 10.7 Å². The van der Waals surface area contributed by atoms with Crippen molar-refractivity contribution in [3.8, 4) is 0 Å².